The molecule has 1 aromatic heterocycles. The summed E-state index contributed by atoms with van der Waals surface area (Å²) in [6, 6.07) is 14.4. The van der Waals surface area contributed by atoms with E-state index >= 15 is 0 Å². The van der Waals surface area contributed by atoms with Gasteiger partial charge in [-0.25, -0.2) is 4.98 Å². The first-order valence-electron chi connectivity index (χ1n) is 11.0. The smallest absolute Gasteiger partial charge is 0.204 e. The molecule has 3 aromatic rings. The van der Waals surface area contributed by atoms with E-state index in [1.165, 1.54) is 0 Å². The van der Waals surface area contributed by atoms with Gasteiger partial charge in [0.15, 0.2) is 11.5 Å². The van der Waals surface area contributed by atoms with Crippen LogP contribution in [0.1, 0.15) is 33.3 Å². The minimum Gasteiger partial charge on any atom is -0.490 e. The number of fused-ring (bicyclic) bond motifs is 1. The van der Waals surface area contributed by atoms with Crippen LogP contribution in [-0.4, -0.2) is 47.3 Å². The van der Waals surface area contributed by atoms with Crippen molar-refractivity contribution in [2.24, 2.45) is 0 Å². The first-order valence-corrected chi connectivity index (χ1v) is 11.0. The van der Waals surface area contributed by atoms with Gasteiger partial charge in [-0.15, -0.1) is 24.8 Å². The molecule has 0 bridgehead atoms. The number of nitrogens with zero attached hydrogens (tertiary/aromatic N) is 3. The molecule has 0 spiro atoms. The largest absolute Gasteiger partial charge is 0.490 e. The van der Waals surface area contributed by atoms with Crippen LogP contribution in [0.25, 0.3) is 11.0 Å². The van der Waals surface area contributed by atoms with Crippen LogP contribution in [0.5, 0.6) is 11.5 Å². The van der Waals surface area contributed by atoms with Gasteiger partial charge < -0.3 is 24.3 Å². The molecular formula is C24H36Cl2N4O2. The van der Waals surface area contributed by atoms with Gasteiger partial charge in [-0.05, 0) is 56.8 Å². The molecule has 2 aromatic carbocycles. The number of hydrogen-bond donors (Lipinski definition) is 1. The average molecular weight is 483 g/mol. The van der Waals surface area contributed by atoms with Gasteiger partial charge in [0.05, 0.1) is 24.2 Å². The maximum atomic E-state index is 5.76. The molecule has 8 heteroatoms. The summed E-state index contributed by atoms with van der Waals surface area (Å²) in [6.07, 6.45) is 0. The molecule has 0 atom stereocenters. The van der Waals surface area contributed by atoms with Gasteiger partial charge >= 0.3 is 0 Å². The zero-order valence-corrected chi connectivity index (χ0v) is 21.1. The number of para-hydroxylation sites is 2. The number of anilines is 1. The number of ether oxygens (including phenoxy) is 2. The highest BCUT2D eigenvalue weighted by Crippen LogP contribution is 2.29. The van der Waals surface area contributed by atoms with Gasteiger partial charge in [0.25, 0.3) is 0 Å². The Morgan fingerprint density at radius 1 is 0.906 bits per heavy atom. The van der Waals surface area contributed by atoms with Gasteiger partial charge in [-0.3, -0.25) is 0 Å². The SMILES string of the molecule is CCOc1ccc(CNc2nc3ccccc3n2CCN(CC)CC)cc1OCC.Cl.Cl. The lowest BCUT2D eigenvalue weighted by atomic mass is 10.2. The highest BCUT2D eigenvalue weighted by Gasteiger charge is 2.12. The highest BCUT2D eigenvalue weighted by molar-refractivity contribution is 5.85. The Balaban J connectivity index is 0.00000256. The Bertz CT molecular complexity index is 945. The minimum absolute atomic E-state index is 0. The minimum atomic E-state index is 0. The summed E-state index contributed by atoms with van der Waals surface area (Å²) >= 11 is 0. The van der Waals surface area contributed by atoms with Crippen LogP contribution in [0.15, 0.2) is 42.5 Å². The van der Waals surface area contributed by atoms with E-state index in [1.807, 2.05) is 32.0 Å². The number of imidazole rings is 1. The maximum Gasteiger partial charge on any atom is 0.204 e. The summed E-state index contributed by atoms with van der Waals surface area (Å²) < 4.78 is 13.7. The molecular weight excluding hydrogens is 447 g/mol. The molecule has 0 aliphatic carbocycles. The van der Waals surface area contributed by atoms with E-state index in [0.717, 1.165) is 60.2 Å². The van der Waals surface area contributed by atoms with Crippen molar-refractivity contribution in [3.05, 3.63) is 48.0 Å². The Labute approximate surface area is 204 Å². The zero-order chi connectivity index (χ0) is 21.3. The maximum absolute atomic E-state index is 5.76. The normalized spacial score (nSPS) is 10.5. The second kappa shape index (κ2) is 14.1. The number of benzene rings is 2. The van der Waals surface area contributed by atoms with E-state index in [0.29, 0.717) is 19.8 Å². The molecule has 0 saturated carbocycles. The topological polar surface area (TPSA) is 51.5 Å². The van der Waals surface area contributed by atoms with Crippen molar-refractivity contribution in [2.45, 2.75) is 40.8 Å². The molecule has 0 radical (unpaired) electrons. The molecule has 1 N–H and O–H groups in total. The number of halogens is 2. The fraction of sp³-hybridized carbons (Fsp3) is 0.458. The molecule has 3 rings (SSSR count). The van der Waals surface area contributed by atoms with Crippen LogP contribution in [0, 0.1) is 0 Å². The third-order valence-corrected chi connectivity index (χ3v) is 5.25. The van der Waals surface area contributed by atoms with Crippen LogP contribution in [0.3, 0.4) is 0 Å². The molecule has 0 unspecified atom stereocenters. The van der Waals surface area contributed by atoms with Crippen LogP contribution >= 0.6 is 24.8 Å². The first-order chi connectivity index (χ1) is 14.7. The average Bonchev–Trinajstić information content (AvgIpc) is 3.12. The first kappa shape index (κ1) is 27.9. The fourth-order valence-electron chi connectivity index (χ4n) is 3.60. The number of hydrogen-bond acceptors (Lipinski definition) is 5. The van der Waals surface area contributed by atoms with Gasteiger partial charge in [-0.1, -0.05) is 32.0 Å². The highest BCUT2D eigenvalue weighted by atomic mass is 35.5. The van der Waals surface area contributed by atoms with E-state index in [4.69, 9.17) is 14.5 Å². The van der Waals surface area contributed by atoms with Crippen molar-refractivity contribution in [3.8, 4) is 11.5 Å². The van der Waals surface area contributed by atoms with Crippen LogP contribution in [0.2, 0.25) is 0 Å². The van der Waals surface area contributed by atoms with Crippen molar-refractivity contribution in [1.29, 1.82) is 0 Å². The van der Waals surface area contributed by atoms with Crippen molar-refractivity contribution in [1.82, 2.24) is 14.5 Å². The summed E-state index contributed by atoms with van der Waals surface area (Å²) in [5.41, 5.74) is 3.30. The molecule has 0 amide bonds. The Morgan fingerprint density at radius 3 is 2.28 bits per heavy atom. The molecule has 1 heterocycles. The van der Waals surface area contributed by atoms with E-state index in [9.17, 15) is 0 Å². The van der Waals surface area contributed by atoms with Gasteiger partial charge in [0.1, 0.15) is 0 Å². The van der Waals surface area contributed by atoms with E-state index in [1.54, 1.807) is 0 Å². The molecule has 32 heavy (non-hydrogen) atoms. The second-order valence-electron chi connectivity index (χ2n) is 7.10. The number of nitrogens with one attached hydrogen (secondary N) is 1. The van der Waals surface area contributed by atoms with Crippen molar-refractivity contribution < 1.29 is 9.47 Å². The third kappa shape index (κ3) is 6.92. The standard InChI is InChI=1S/C24H34N4O2.2ClH/c1-5-27(6-2)15-16-28-21-12-10-9-11-20(21)26-24(28)25-18-19-13-14-22(29-7-3)23(17-19)30-8-4;;/h9-14,17H,5-8,15-16,18H2,1-4H3,(H,25,26);2*1H. The van der Waals surface area contributed by atoms with Gasteiger partial charge in [-0.2, -0.15) is 0 Å². The summed E-state index contributed by atoms with van der Waals surface area (Å²) in [5, 5.41) is 3.54. The van der Waals surface area contributed by atoms with Gasteiger partial charge in [0, 0.05) is 19.6 Å². The predicted octanol–water partition coefficient (Wildman–Crippen LogP) is 5.63. The number of aromatic nitrogens is 2. The molecule has 0 fully saturated rings. The Hall–Kier alpha value is -2.15. The molecule has 0 aliphatic heterocycles. The molecule has 6 nitrogen and oxygen atoms in total. The van der Waals surface area contributed by atoms with Crippen molar-refractivity contribution in [2.75, 3.05) is 38.2 Å². The lowest BCUT2D eigenvalue weighted by molar-refractivity contribution is 0.287. The monoisotopic (exact) mass is 482 g/mol. The fourth-order valence-corrected chi connectivity index (χ4v) is 3.60. The summed E-state index contributed by atoms with van der Waals surface area (Å²) in [5.74, 6) is 2.47. The van der Waals surface area contributed by atoms with Crippen LogP contribution in [-0.2, 0) is 13.1 Å². The predicted molar refractivity (Wildman–Crippen MR) is 138 cm³/mol. The summed E-state index contributed by atoms with van der Waals surface area (Å²) in [6.45, 7) is 14.3. The van der Waals surface area contributed by atoms with Crippen molar-refractivity contribution in [3.63, 3.8) is 0 Å². The van der Waals surface area contributed by atoms with E-state index in [-0.39, 0.29) is 24.8 Å². The molecule has 0 saturated heterocycles. The Morgan fingerprint density at radius 2 is 1.59 bits per heavy atom. The summed E-state index contributed by atoms with van der Waals surface area (Å²) in [7, 11) is 0. The van der Waals surface area contributed by atoms with Crippen molar-refractivity contribution >= 4 is 41.8 Å². The Kier molecular flexibility index (Phi) is 12.3. The van der Waals surface area contributed by atoms with Crippen LogP contribution < -0.4 is 14.8 Å². The zero-order valence-electron chi connectivity index (χ0n) is 19.5. The number of likely N-dealkylation sites (N-methyl/N-ethyl adjacent to an activating group) is 1. The molecule has 0 aliphatic rings. The third-order valence-electron chi connectivity index (χ3n) is 5.25. The number of rotatable bonds is 12. The lowest BCUT2D eigenvalue weighted by Crippen LogP contribution is -2.27. The van der Waals surface area contributed by atoms with Crippen LogP contribution in [0.4, 0.5) is 5.95 Å². The van der Waals surface area contributed by atoms with E-state index in [2.05, 4.69) is 52.9 Å². The second-order valence-corrected chi connectivity index (χ2v) is 7.10. The quantitative estimate of drug-likeness (QED) is 0.362. The summed E-state index contributed by atoms with van der Waals surface area (Å²) in [4.78, 5) is 7.27. The molecule has 178 valence electrons. The van der Waals surface area contributed by atoms with Gasteiger partial charge in [0.2, 0.25) is 5.95 Å². The van der Waals surface area contributed by atoms with E-state index < -0.39 is 0 Å². The lowest BCUT2D eigenvalue weighted by Gasteiger charge is -2.19.